The molecule has 98 valence electrons. The summed E-state index contributed by atoms with van der Waals surface area (Å²) >= 11 is 0. The average molecular weight is 256 g/mol. The van der Waals surface area contributed by atoms with E-state index in [9.17, 15) is 4.79 Å². The highest BCUT2D eigenvalue weighted by molar-refractivity contribution is 5.82. The van der Waals surface area contributed by atoms with Gasteiger partial charge < -0.3 is 9.80 Å². The molecule has 0 saturated carbocycles. The Balaban J connectivity index is 1.57. The van der Waals surface area contributed by atoms with E-state index in [1.54, 1.807) is 12.3 Å². The molecule has 0 unspecified atom stereocenters. The lowest BCUT2D eigenvalue weighted by molar-refractivity contribution is -0.135. The number of hydrogen-bond acceptors (Lipinski definition) is 4. The maximum Gasteiger partial charge on any atom is 0.229 e. The second-order valence-electron chi connectivity index (χ2n) is 5.15. The first kappa shape index (κ1) is 12.0. The fourth-order valence-electron chi connectivity index (χ4n) is 2.66. The number of hydrogen-bond donors (Lipinski definition) is 0. The third-order valence-electron chi connectivity index (χ3n) is 3.85. The number of likely N-dealkylation sites (tertiary alicyclic amines) is 1. The van der Waals surface area contributed by atoms with Crippen molar-refractivity contribution in [3.8, 4) is 6.07 Å². The summed E-state index contributed by atoms with van der Waals surface area (Å²) in [6, 6.07) is 5.66. The van der Waals surface area contributed by atoms with Crippen molar-refractivity contribution in [2.75, 3.05) is 31.1 Å². The lowest BCUT2D eigenvalue weighted by Gasteiger charge is -2.40. The molecule has 0 aromatic carbocycles. The molecule has 2 aliphatic heterocycles. The molecule has 1 aromatic rings. The van der Waals surface area contributed by atoms with Crippen LogP contribution >= 0.6 is 0 Å². The van der Waals surface area contributed by atoms with Crippen LogP contribution in [0.2, 0.25) is 0 Å². The van der Waals surface area contributed by atoms with Crippen molar-refractivity contribution in [2.24, 2.45) is 5.92 Å². The van der Waals surface area contributed by atoms with Crippen molar-refractivity contribution in [2.45, 2.75) is 12.8 Å². The summed E-state index contributed by atoms with van der Waals surface area (Å²) in [6.07, 6.45) is 3.85. The van der Waals surface area contributed by atoms with Crippen LogP contribution in [0.5, 0.6) is 0 Å². The van der Waals surface area contributed by atoms with E-state index in [1.165, 1.54) is 0 Å². The highest BCUT2D eigenvalue weighted by atomic mass is 16.2. The summed E-state index contributed by atoms with van der Waals surface area (Å²) in [5.74, 6) is 1.27. The summed E-state index contributed by atoms with van der Waals surface area (Å²) in [6.45, 7) is 3.33. The van der Waals surface area contributed by atoms with Crippen LogP contribution in [0.3, 0.4) is 0 Å². The summed E-state index contributed by atoms with van der Waals surface area (Å²) in [5.41, 5.74) is 0.564. The van der Waals surface area contributed by atoms with Gasteiger partial charge >= 0.3 is 0 Å². The van der Waals surface area contributed by atoms with Crippen LogP contribution in [0.25, 0.3) is 0 Å². The molecule has 0 N–H and O–H groups in total. The van der Waals surface area contributed by atoms with Gasteiger partial charge in [0.1, 0.15) is 11.9 Å². The van der Waals surface area contributed by atoms with E-state index < -0.39 is 0 Å². The molecule has 5 heteroatoms. The Morgan fingerprint density at radius 3 is 2.63 bits per heavy atom. The first-order valence-electron chi connectivity index (χ1n) is 6.68. The Kier molecular flexibility index (Phi) is 3.08. The Morgan fingerprint density at radius 2 is 2.05 bits per heavy atom. The molecule has 5 nitrogen and oxygen atoms in total. The van der Waals surface area contributed by atoms with Gasteiger partial charge in [0, 0.05) is 32.4 Å². The van der Waals surface area contributed by atoms with Crippen LogP contribution in [0.15, 0.2) is 18.3 Å². The van der Waals surface area contributed by atoms with E-state index in [0.29, 0.717) is 11.5 Å². The van der Waals surface area contributed by atoms with Crippen LogP contribution in [0.4, 0.5) is 5.82 Å². The van der Waals surface area contributed by atoms with Crippen LogP contribution < -0.4 is 4.90 Å². The van der Waals surface area contributed by atoms with Crippen molar-refractivity contribution < 1.29 is 4.79 Å². The van der Waals surface area contributed by atoms with Crippen LogP contribution in [0, 0.1) is 17.2 Å². The largest absolute Gasteiger partial charge is 0.355 e. The molecule has 0 aliphatic carbocycles. The molecule has 2 aliphatic rings. The monoisotopic (exact) mass is 256 g/mol. The topological polar surface area (TPSA) is 60.2 Å². The highest BCUT2D eigenvalue weighted by Gasteiger charge is 2.36. The Morgan fingerprint density at radius 1 is 1.32 bits per heavy atom. The zero-order valence-electron chi connectivity index (χ0n) is 10.7. The molecule has 2 fully saturated rings. The maximum absolute atomic E-state index is 12.1. The molecule has 0 atom stereocenters. The first-order chi connectivity index (χ1) is 9.28. The maximum atomic E-state index is 12.1. The van der Waals surface area contributed by atoms with Gasteiger partial charge in [-0.05, 0) is 25.0 Å². The third kappa shape index (κ3) is 2.26. The van der Waals surface area contributed by atoms with Crippen molar-refractivity contribution in [1.82, 2.24) is 9.88 Å². The number of carbonyl (C=O) groups excluding carboxylic acids is 1. The SMILES string of the molecule is N#Cc1ccc(N2CC(C(=O)N3CCCC3)C2)nc1. The fraction of sp³-hybridized carbons (Fsp3) is 0.500. The number of nitriles is 1. The fourth-order valence-corrected chi connectivity index (χ4v) is 2.66. The summed E-state index contributed by atoms with van der Waals surface area (Å²) < 4.78 is 0. The summed E-state index contributed by atoms with van der Waals surface area (Å²) in [4.78, 5) is 20.4. The second-order valence-corrected chi connectivity index (χ2v) is 5.15. The van der Waals surface area contributed by atoms with Gasteiger partial charge in [-0.2, -0.15) is 5.26 Å². The quantitative estimate of drug-likeness (QED) is 0.792. The Bertz CT molecular complexity index is 507. The minimum Gasteiger partial charge on any atom is -0.355 e. The molecule has 2 saturated heterocycles. The minimum absolute atomic E-state index is 0.121. The second kappa shape index (κ2) is 4.88. The summed E-state index contributed by atoms with van der Waals surface area (Å²) in [5, 5.41) is 8.72. The van der Waals surface area contributed by atoms with Gasteiger partial charge in [-0.25, -0.2) is 4.98 Å². The van der Waals surface area contributed by atoms with Gasteiger partial charge in [0.25, 0.3) is 0 Å². The molecule has 1 aromatic heterocycles. The van der Waals surface area contributed by atoms with Crippen molar-refractivity contribution in [1.29, 1.82) is 5.26 Å². The van der Waals surface area contributed by atoms with E-state index in [4.69, 9.17) is 5.26 Å². The van der Waals surface area contributed by atoms with Crippen molar-refractivity contribution >= 4 is 11.7 Å². The smallest absolute Gasteiger partial charge is 0.229 e. The Hall–Kier alpha value is -2.09. The number of amides is 1. The van der Waals surface area contributed by atoms with E-state index in [0.717, 1.165) is 44.8 Å². The molecular formula is C14H16N4O. The van der Waals surface area contributed by atoms with Crippen LogP contribution in [-0.2, 0) is 4.79 Å². The number of aromatic nitrogens is 1. The zero-order valence-corrected chi connectivity index (χ0v) is 10.7. The lowest BCUT2D eigenvalue weighted by Crippen LogP contribution is -2.54. The number of pyridine rings is 1. The van der Waals surface area contributed by atoms with Gasteiger partial charge in [-0.15, -0.1) is 0 Å². The molecule has 19 heavy (non-hydrogen) atoms. The van der Waals surface area contributed by atoms with Gasteiger partial charge in [0.2, 0.25) is 5.91 Å². The number of anilines is 1. The summed E-state index contributed by atoms with van der Waals surface area (Å²) in [7, 11) is 0. The molecule has 1 amide bonds. The van der Waals surface area contributed by atoms with E-state index in [2.05, 4.69) is 16.0 Å². The minimum atomic E-state index is 0.121. The van der Waals surface area contributed by atoms with Gasteiger partial charge in [0.05, 0.1) is 11.5 Å². The van der Waals surface area contributed by atoms with Gasteiger partial charge in [-0.3, -0.25) is 4.79 Å². The van der Waals surface area contributed by atoms with E-state index in [1.807, 2.05) is 11.0 Å². The predicted molar refractivity (Wildman–Crippen MR) is 70.5 cm³/mol. The van der Waals surface area contributed by atoms with E-state index >= 15 is 0 Å². The van der Waals surface area contributed by atoms with E-state index in [-0.39, 0.29) is 5.92 Å². The highest BCUT2D eigenvalue weighted by Crippen LogP contribution is 2.25. The van der Waals surface area contributed by atoms with Gasteiger partial charge in [0.15, 0.2) is 0 Å². The number of carbonyl (C=O) groups is 1. The van der Waals surface area contributed by atoms with Crippen LogP contribution in [-0.4, -0.2) is 42.0 Å². The standard InChI is InChI=1S/C14H16N4O/c15-7-11-3-4-13(16-8-11)18-9-12(10-18)14(19)17-5-1-2-6-17/h3-4,8,12H,1-2,5-6,9-10H2. The lowest BCUT2D eigenvalue weighted by atomic mass is 9.98. The zero-order chi connectivity index (χ0) is 13.2. The van der Waals surface area contributed by atoms with Crippen molar-refractivity contribution in [3.05, 3.63) is 23.9 Å². The normalized spacial score (nSPS) is 19.1. The predicted octanol–water partition coefficient (Wildman–Crippen LogP) is 1.01. The molecule has 0 bridgehead atoms. The molecule has 0 spiro atoms. The molecular weight excluding hydrogens is 240 g/mol. The average Bonchev–Trinajstić information content (AvgIpc) is 2.91. The van der Waals surface area contributed by atoms with Crippen molar-refractivity contribution in [3.63, 3.8) is 0 Å². The third-order valence-corrected chi connectivity index (χ3v) is 3.85. The Labute approximate surface area is 112 Å². The molecule has 3 rings (SSSR count). The number of rotatable bonds is 2. The first-order valence-corrected chi connectivity index (χ1v) is 6.68. The number of nitrogens with zero attached hydrogens (tertiary/aromatic N) is 4. The molecule has 0 radical (unpaired) electrons. The molecule has 3 heterocycles. The van der Waals surface area contributed by atoms with Gasteiger partial charge in [-0.1, -0.05) is 0 Å². The van der Waals surface area contributed by atoms with Crippen LogP contribution in [0.1, 0.15) is 18.4 Å².